The lowest BCUT2D eigenvalue weighted by atomic mass is 9.82. The second-order valence-corrected chi connectivity index (χ2v) is 8.85. The van der Waals surface area contributed by atoms with Crippen molar-refractivity contribution in [3.05, 3.63) is 70.8 Å². The molecule has 36 heavy (non-hydrogen) atoms. The van der Waals surface area contributed by atoms with Crippen molar-refractivity contribution in [3.63, 3.8) is 0 Å². The second-order valence-electron chi connectivity index (χ2n) is 8.85. The Morgan fingerprint density at radius 2 is 0.694 bits per heavy atom. The van der Waals surface area contributed by atoms with Gasteiger partial charge in [0.1, 0.15) is 0 Å². The smallest absolute Gasteiger partial charge is 0.261 e. The zero-order valence-corrected chi connectivity index (χ0v) is 20.6. The van der Waals surface area contributed by atoms with Crippen molar-refractivity contribution in [2.45, 2.75) is 27.7 Å². The normalized spacial score (nSPS) is 15.0. The van der Waals surface area contributed by atoms with Crippen molar-refractivity contribution in [1.29, 1.82) is 0 Å². The molecule has 0 bridgehead atoms. The summed E-state index contributed by atoms with van der Waals surface area (Å²) in [6, 6.07) is 14.8. The Labute approximate surface area is 207 Å². The van der Waals surface area contributed by atoms with E-state index < -0.39 is 0 Å². The summed E-state index contributed by atoms with van der Waals surface area (Å²) in [6.07, 6.45) is 0. The van der Waals surface area contributed by atoms with Crippen LogP contribution in [0.3, 0.4) is 0 Å². The number of carbonyl (C=O) groups is 4. The van der Waals surface area contributed by atoms with Gasteiger partial charge < -0.3 is 0 Å². The van der Waals surface area contributed by atoms with Crippen molar-refractivity contribution >= 4 is 66.7 Å². The van der Waals surface area contributed by atoms with Gasteiger partial charge in [-0.3, -0.25) is 29.0 Å². The van der Waals surface area contributed by atoms with Crippen LogP contribution >= 0.6 is 0 Å². The highest BCUT2D eigenvalue weighted by Gasteiger charge is 2.35. The zero-order chi connectivity index (χ0) is 25.5. The summed E-state index contributed by atoms with van der Waals surface area (Å²) in [7, 11) is 0. The molecule has 0 aliphatic carbocycles. The highest BCUT2D eigenvalue weighted by molar-refractivity contribution is 6.41. The molecule has 6 heteroatoms. The first kappa shape index (κ1) is 22.2. The van der Waals surface area contributed by atoms with Crippen molar-refractivity contribution in [3.8, 4) is 0 Å². The number of benzene rings is 5. The molecule has 0 atom stereocenters. The lowest BCUT2D eigenvalue weighted by Crippen LogP contribution is -2.40. The summed E-state index contributed by atoms with van der Waals surface area (Å²) in [4.78, 5) is 55.0. The largest absolute Gasteiger partial charge is 0.275 e. The summed E-state index contributed by atoms with van der Waals surface area (Å²) >= 11 is 0. The van der Waals surface area contributed by atoms with Gasteiger partial charge in [0.05, 0.1) is 0 Å². The Morgan fingerprint density at radius 3 is 0.917 bits per heavy atom. The number of nitrogens with zero attached hydrogens (tertiary/aromatic N) is 2. The van der Waals surface area contributed by atoms with Crippen molar-refractivity contribution < 1.29 is 19.2 Å². The van der Waals surface area contributed by atoms with Crippen LogP contribution in [-0.2, 0) is 0 Å². The molecular weight excluding hydrogens is 452 g/mol. The van der Waals surface area contributed by atoms with E-state index in [0.29, 0.717) is 46.1 Å². The van der Waals surface area contributed by atoms with E-state index in [0.717, 1.165) is 32.3 Å². The summed E-state index contributed by atoms with van der Waals surface area (Å²) < 4.78 is 0. The molecule has 178 valence electrons. The summed E-state index contributed by atoms with van der Waals surface area (Å²) in [5.74, 6) is -1.13. The van der Waals surface area contributed by atoms with Gasteiger partial charge in [0, 0.05) is 46.1 Å². The van der Waals surface area contributed by atoms with E-state index in [9.17, 15) is 19.2 Å². The zero-order valence-electron chi connectivity index (χ0n) is 20.6. The van der Waals surface area contributed by atoms with Crippen LogP contribution in [0.5, 0.6) is 0 Å². The molecule has 0 N–H and O–H groups in total. The Morgan fingerprint density at radius 1 is 0.444 bits per heavy atom. The van der Waals surface area contributed by atoms with E-state index in [1.807, 2.05) is 38.1 Å². The Kier molecular flexibility index (Phi) is 4.67. The minimum Gasteiger partial charge on any atom is -0.275 e. The van der Waals surface area contributed by atoms with E-state index in [1.54, 1.807) is 38.1 Å². The monoisotopic (exact) mass is 476 g/mol. The van der Waals surface area contributed by atoms with E-state index in [1.165, 1.54) is 9.80 Å². The molecule has 0 spiro atoms. The van der Waals surface area contributed by atoms with Gasteiger partial charge in [-0.2, -0.15) is 0 Å². The Balaban J connectivity index is 0.00000117. The molecule has 0 radical (unpaired) electrons. The Bertz CT molecular complexity index is 1560. The fourth-order valence-electron chi connectivity index (χ4n) is 5.94. The van der Waals surface area contributed by atoms with Gasteiger partial charge in [-0.05, 0) is 70.4 Å². The first-order chi connectivity index (χ1) is 17.5. The first-order valence-electron chi connectivity index (χ1n) is 12.4. The molecule has 0 unspecified atom stereocenters. The summed E-state index contributed by atoms with van der Waals surface area (Å²) in [6.45, 7) is 8.21. The Hall–Kier alpha value is -4.32. The molecule has 0 aromatic heterocycles. The number of hydrogen-bond donors (Lipinski definition) is 0. The molecule has 6 nitrogen and oxygen atoms in total. The molecule has 2 aliphatic rings. The molecule has 2 aliphatic heterocycles. The summed E-state index contributed by atoms with van der Waals surface area (Å²) in [5.41, 5.74) is 2.09. The second kappa shape index (κ2) is 7.59. The average molecular weight is 477 g/mol. The van der Waals surface area contributed by atoms with Crippen LogP contribution in [0.1, 0.15) is 69.1 Å². The van der Waals surface area contributed by atoms with Crippen LogP contribution < -0.4 is 0 Å². The van der Waals surface area contributed by atoms with E-state index in [2.05, 4.69) is 0 Å². The predicted molar refractivity (Wildman–Crippen MR) is 141 cm³/mol. The molecule has 5 aromatic rings. The van der Waals surface area contributed by atoms with Crippen molar-refractivity contribution in [1.82, 2.24) is 9.80 Å². The van der Waals surface area contributed by atoms with E-state index in [4.69, 9.17) is 0 Å². The lowest BCUT2D eigenvalue weighted by Gasteiger charge is -2.29. The number of hydrogen-bond acceptors (Lipinski definition) is 4. The number of amides is 4. The van der Waals surface area contributed by atoms with Gasteiger partial charge in [0.25, 0.3) is 23.6 Å². The third-order valence-electron chi connectivity index (χ3n) is 7.44. The SMILES string of the molecule is CC.CCN1C(=O)c2ccc3c4ccc5c6c(ccc(c7ccc(c2c37)C1=O)c64)C(=O)N(CC)C5=O. The minimum atomic E-state index is -0.282. The van der Waals surface area contributed by atoms with Gasteiger partial charge in [-0.15, -0.1) is 0 Å². The minimum absolute atomic E-state index is 0.282. The number of fused-ring (bicyclic) bond motifs is 2. The van der Waals surface area contributed by atoms with Gasteiger partial charge in [0.2, 0.25) is 0 Å². The standard InChI is InChI=1S/C28H18N2O4.C2H6/c1-3-29-25(31)17-9-5-13-15-7-11-19-24-20(28(34)30(4-2)27(19)33)12-8-16(22(15)24)14-6-10-18(26(29)32)23(17)21(13)14;1-2/h5-12H,3-4H2,1-2H3;1-2H3. The molecule has 4 amide bonds. The van der Waals surface area contributed by atoms with Crippen LogP contribution in [0.2, 0.25) is 0 Å². The molecule has 2 heterocycles. The quantitative estimate of drug-likeness (QED) is 0.178. The topological polar surface area (TPSA) is 74.8 Å². The highest BCUT2D eigenvalue weighted by Crippen LogP contribution is 2.46. The maximum atomic E-state index is 13.1. The van der Waals surface area contributed by atoms with Crippen molar-refractivity contribution in [2.24, 2.45) is 0 Å². The number of rotatable bonds is 2. The van der Waals surface area contributed by atoms with Crippen LogP contribution in [0.25, 0.3) is 43.1 Å². The fourth-order valence-corrected chi connectivity index (χ4v) is 5.94. The van der Waals surface area contributed by atoms with Gasteiger partial charge in [0.15, 0.2) is 0 Å². The van der Waals surface area contributed by atoms with Crippen LogP contribution in [0, 0.1) is 0 Å². The maximum absolute atomic E-state index is 13.1. The molecule has 0 saturated heterocycles. The van der Waals surface area contributed by atoms with Gasteiger partial charge in [-0.25, -0.2) is 0 Å². The molecule has 7 rings (SSSR count). The first-order valence-corrected chi connectivity index (χ1v) is 12.4. The predicted octanol–water partition coefficient (Wildman–Crippen LogP) is 6.00. The van der Waals surface area contributed by atoms with Crippen molar-refractivity contribution in [2.75, 3.05) is 13.1 Å². The van der Waals surface area contributed by atoms with Gasteiger partial charge in [-0.1, -0.05) is 38.1 Å². The maximum Gasteiger partial charge on any atom is 0.261 e. The summed E-state index contributed by atoms with van der Waals surface area (Å²) in [5, 5.41) is 6.69. The van der Waals surface area contributed by atoms with Gasteiger partial charge >= 0.3 is 0 Å². The fraction of sp³-hybridized carbons (Fsp3) is 0.200. The molecule has 5 aromatic carbocycles. The highest BCUT2D eigenvalue weighted by atomic mass is 16.2. The molecular formula is C30H24N2O4. The number of carbonyl (C=O) groups excluding carboxylic acids is 4. The number of imide groups is 2. The van der Waals surface area contributed by atoms with E-state index >= 15 is 0 Å². The van der Waals surface area contributed by atoms with Crippen LogP contribution in [0.15, 0.2) is 48.5 Å². The van der Waals surface area contributed by atoms with Crippen LogP contribution in [-0.4, -0.2) is 46.5 Å². The molecule has 0 fully saturated rings. The lowest BCUT2D eigenvalue weighted by molar-refractivity contribution is 0.0603. The third-order valence-corrected chi connectivity index (χ3v) is 7.44. The van der Waals surface area contributed by atoms with Crippen LogP contribution in [0.4, 0.5) is 0 Å². The van der Waals surface area contributed by atoms with E-state index in [-0.39, 0.29) is 23.6 Å². The average Bonchev–Trinajstić information content (AvgIpc) is 2.91. The molecule has 0 saturated carbocycles. The third kappa shape index (κ3) is 2.46.